The zero-order valence-electron chi connectivity index (χ0n) is 16.4. The van der Waals surface area contributed by atoms with Crippen LogP contribution in [0.4, 0.5) is 5.69 Å². The third-order valence-electron chi connectivity index (χ3n) is 4.53. The number of carbonyl (C=O) groups excluding carboxylic acids is 1. The summed E-state index contributed by atoms with van der Waals surface area (Å²) in [6.07, 6.45) is 0. The lowest BCUT2D eigenvalue weighted by Gasteiger charge is -2.09. The Hall–Kier alpha value is -4.12. The highest BCUT2D eigenvalue weighted by atomic mass is 32.2. The molecule has 10 nitrogen and oxygen atoms in total. The average molecular weight is 456 g/mol. The molecule has 4 rings (SSSR count). The number of nitrogens with zero attached hydrogens (tertiary/aromatic N) is 1. The molecule has 0 unspecified atom stereocenters. The molecule has 0 aromatic heterocycles. The normalized spacial score (nSPS) is 12.2. The smallest absolute Gasteiger partial charge is 0.339 e. The molecule has 3 aromatic rings. The van der Waals surface area contributed by atoms with E-state index in [4.69, 9.17) is 13.7 Å². The van der Waals surface area contributed by atoms with Gasteiger partial charge in [0.05, 0.1) is 4.92 Å². The maximum Gasteiger partial charge on any atom is 0.339 e. The van der Waals surface area contributed by atoms with E-state index in [0.717, 1.165) is 11.6 Å². The van der Waals surface area contributed by atoms with Gasteiger partial charge in [-0.05, 0) is 48.0 Å². The summed E-state index contributed by atoms with van der Waals surface area (Å²) in [5, 5.41) is 13.6. The van der Waals surface area contributed by atoms with Crippen molar-refractivity contribution in [2.45, 2.75) is 11.4 Å². The Labute approximate surface area is 182 Å². The molecule has 11 heteroatoms. The minimum absolute atomic E-state index is 0.0381. The molecular weight excluding hydrogens is 440 g/mol. The number of carbonyl (C=O) groups is 1. The topological polar surface area (TPSA) is 134 Å². The number of nitro groups is 1. The Kier molecular flexibility index (Phi) is 5.65. The quantitative estimate of drug-likeness (QED) is 0.326. The van der Waals surface area contributed by atoms with Crippen LogP contribution in [0.2, 0.25) is 0 Å². The molecule has 1 amide bonds. The molecule has 0 bridgehead atoms. The van der Waals surface area contributed by atoms with Crippen LogP contribution in [-0.2, 0) is 16.7 Å². The monoisotopic (exact) mass is 456 g/mol. The van der Waals surface area contributed by atoms with Crippen molar-refractivity contribution in [1.29, 1.82) is 0 Å². The number of fused-ring (bicyclic) bond motifs is 1. The number of nitro benzene ring substituents is 1. The first-order valence-corrected chi connectivity index (χ1v) is 10.7. The fraction of sp³-hybridized carbons (Fsp3) is 0.0952. The summed E-state index contributed by atoms with van der Waals surface area (Å²) < 4.78 is 40.4. The molecule has 0 radical (unpaired) electrons. The fourth-order valence-electron chi connectivity index (χ4n) is 2.92. The van der Waals surface area contributed by atoms with Crippen LogP contribution in [0.3, 0.4) is 0 Å². The Morgan fingerprint density at radius 3 is 2.53 bits per heavy atom. The minimum Gasteiger partial charge on any atom is -0.454 e. The van der Waals surface area contributed by atoms with Crippen molar-refractivity contribution in [2.75, 3.05) is 6.79 Å². The van der Waals surface area contributed by atoms with E-state index in [1.54, 1.807) is 12.1 Å². The fourth-order valence-corrected chi connectivity index (χ4v) is 3.90. The summed E-state index contributed by atoms with van der Waals surface area (Å²) in [6.45, 7) is 0.422. The highest BCUT2D eigenvalue weighted by Crippen LogP contribution is 2.32. The summed E-state index contributed by atoms with van der Waals surface area (Å²) in [7, 11) is -4.28. The number of rotatable bonds is 7. The Morgan fingerprint density at radius 2 is 1.78 bits per heavy atom. The minimum atomic E-state index is -4.28. The molecule has 0 fully saturated rings. The van der Waals surface area contributed by atoms with Gasteiger partial charge < -0.3 is 19.0 Å². The van der Waals surface area contributed by atoms with E-state index >= 15 is 0 Å². The van der Waals surface area contributed by atoms with E-state index in [1.165, 1.54) is 42.5 Å². The lowest BCUT2D eigenvalue weighted by atomic mass is 10.1. The second kappa shape index (κ2) is 8.55. The van der Waals surface area contributed by atoms with Crippen LogP contribution in [0.1, 0.15) is 15.9 Å². The number of hydrogen-bond donors (Lipinski definition) is 1. The van der Waals surface area contributed by atoms with Gasteiger partial charge in [0, 0.05) is 24.2 Å². The number of hydrogen-bond acceptors (Lipinski definition) is 8. The summed E-state index contributed by atoms with van der Waals surface area (Å²) in [4.78, 5) is 22.2. The third-order valence-corrected chi connectivity index (χ3v) is 5.77. The van der Waals surface area contributed by atoms with E-state index in [2.05, 4.69) is 5.32 Å². The Morgan fingerprint density at radius 1 is 1.03 bits per heavy atom. The highest BCUT2D eigenvalue weighted by Gasteiger charge is 2.20. The molecule has 1 aliphatic heterocycles. The Balaban J connectivity index is 1.39. The van der Waals surface area contributed by atoms with Crippen LogP contribution < -0.4 is 19.0 Å². The first kappa shape index (κ1) is 21.1. The van der Waals surface area contributed by atoms with Crippen molar-refractivity contribution >= 4 is 21.7 Å². The zero-order valence-corrected chi connectivity index (χ0v) is 17.2. The first-order chi connectivity index (χ1) is 15.3. The molecule has 1 aliphatic rings. The lowest BCUT2D eigenvalue weighted by molar-refractivity contribution is -0.385. The van der Waals surface area contributed by atoms with Gasteiger partial charge in [0.2, 0.25) is 6.79 Å². The van der Waals surface area contributed by atoms with E-state index in [0.29, 0.717) is 17.1 Å². The third kappa shape index (κ3) is 4.62. The molecule has 0 saturated carbocycles. The zero-order chi connectivity index (χ0) is 22.7. The lowest BCUT2D eigenvalue weighted by Crippen LogP contribution is -2.22. The van der Waals surface area contributed by atoms with Crippen molar-refractivity contribution in [3.05, 3.63) is 88.0 Å². The molecule has 3 aromatic carbocycles. The number of non-ortho nitro benzene ring substituents is 1. The maximum absolute atomic E-state index is 12.4. The summed E-state index contributed by atoms with van der Waals surface area (Å²) >= 11 is 0. The number of amides is 1. The van der Waals surface area contributed by atoms with Gasteiger partial charge in [0.15, 0.2) is 11.5 Å². The van der Waals surface area contributed by atoms with Crippen LogP contribution >= 0.6 is 0 Å². The van der Waals surface area contributed by atoms with Crippen LogP contribution in [-0.4, -0.2) is 26.0 Å². The van der Waals surface area contributed by atoms with Gasteiger partial charge in [0.25, 0.3) is 11.6 Å². The van der Waals surface area contributed by atoms with Gasteiger partial charge in [-0.15, -0.1) is 0 Å². The Bertz CT molecular complexity index is 1290. The van der Waals surface area contributed by atoms with Crippen LogP contribution in [0.5, 0.6) is 17.2 Å². The predicted octanol–water partition coefficient (Wildman–Crippen LogP) is 3.02. The number of ether oxygens (including phenoxy) is 2. The second-order valence-corrected chi connectivity index (χ2v) is 8.23. The van der Waals surface area contributed by atoms with Gasteiger partial charge in [-0.25, -0.2) is 0 Å². The van der Waals surface area contributed by atoms with Gasteiger partial charge in [0.1, 0.15) is 10.6 Å². The van der Waals surface area contributed by atoms with Gasteiger partial charge >= 0.3 is 10.1 Å². The van der Waals surface area contributed by atoms with Crippen molar-refractivity contribution in [2.24, 2.45) is 0 Å². The van der Waals surface area contributed by atoms with E-state index in [1.807, 2.05) is 6.07 Å². The number of nitrogens with one attached hydrogen (secondary N) is 1. The first-order valence-electron chi connectivity index (χ1n) is 9.27. The van der Waals surface area contributed by atoms with Crippen LogP contribution in [0, 0.1) is 10.1 Å². The molecule has 0 saturated heterocycles. The van der Waals surface area contributed by atoms with Gasteiger partial charge in [-0.1, -0.05) is 12.1 Å². The average Bonchev–Trinajstić information content (AvgIpc) is 3.26. The van der Waals surface area contributed by atoms with E-state index in [9.17, 15) is 23.3 Å². The standard InChI is InChI=1S/C21H16N2O8S/c24-21(22-12-14-4-9-19-20(10-14)30-13-29-19)15-5-7-17(8-6-15)31-32(27,28)18-3-1-2-16(11-18)23(25)26/h1-11H,12-13H2,(H,22,24). The molecule has 1 N–H and O–H groups in total. The molecular formula is C21H16N2O8S. The van der Waals surface area contributed by atoms with Crippen LogP contribution in [0.15, 0.2) is 71.6 Å². The van der Waals surface area contributed by atoms with E-state index < -0.39 is 15.0 Å². The summed E-state index contributed by atoms with van der Waals surface area (Å²) in [5.74, 6) is 0.860. The molecule has 0 spiro atoms. The molecule has 0 atom stereocenters. The summed E-state index contributed by atoms with van der Waals surface area (Å²) in [5.41, 5.74) is 0.751. The maximum atomic E-state index is 12.4. The van der Waals surface area contributed by atoms with Crippen molar-refractivity contribution in [1.82, 2.24) is 5.32 Å². The summed E-state index contributed by atoms with van der Waals surface area (Å²) in [6, 6.07) is 15.3. The molecule has 164 valence electrons. The highest BCUT2D eigenvalue weighted by molar-refractivity contribution is 7.87. The van der Waals surface area contributed by atoms with Crippen LogP contribution in [0.25, 0.3) is 0 Å². The van der Waals surface area contributed by atoms with Crippen molar-refractivity contribution in [3.63, 3.8) is 0 Å². The SMILES string of the molecule is O=C(NCc1ccc2c(c1)OCO2)c1ccc(OS(=O)(=O)c2cccc([N+](=O)[O-])c2)cc1. The van der Waals surface area contributed by atoms with Gasteiger partial charge in [-0.3, -0.25) is 14.9 Å². The largest absolute Gasteiger partial charge is 0.454 e. The molecule has 32 heavy (non-hydrogen) atoms. The second-order valence-electron chi connectivity index (χ2n) is 6.69. The molecule has 0 aliphatic carbocycles. The number of benzene rings is 3. The van der Waals surface area contributed by atoms with Crippen molar-refractivity contribution < 1.29 is 31.8 Å². The van der Waals surface area contributed by atoms with E-state index in [-0.39, 0.29) is 35.6 Å². The predicted molar refractivity (Wildman–Crippen MR) is 111 cm³/mol. The molecule has 1 heterocycles. The van der Waals surface area contributed by atoms with Crippen molar-refractivity contribution in [3.8, 4) is 17.2 Å². The van der Waals surface area contributed by atoms with Gasteiger partial charge in [-0.2, -0.15) is 8.42 Å².